The van der Waals surface area contributed by atoms with Gasteiger partial charge in [0.1, 0.15) is 5.75 Å². The Hall–Kier alpha value is -3.28. The number of benzene rings is 2. The number of fused-ring (bicyclic) bond motifs is 1. The summed E-state index contributed by atoms with van der Waals surface area (Å²) in [7, 11) is 3.35. The first-order chi connectivity index (χ1) is 13.1. The highest BCUT2D eigenvalue weighted by atomic mass is 16.5. The third kappa shape index (κ3) is 3.14. The van der Waals surface area contributed by atoms with Crippen LogP contribution >= 0.6 is 0 Å². The third-order valence-corrected chi connectivity index (χ3v) is 5.20. The van der Waals surface area contributed by atoms with Crippen LogP contribution < -0.4 is 10.1 Å². The Balaban J connectivity index is 1.59. The number of carbonyl (C=O) groups is 2. The van der Waals surface area contributed by atoms with Gasteiger partial charge in [0.05, 0.1) is 19.1 Å². The molecule has 2 N–H and O–H groups in total. The normalized spacial score (nSPS) is 19.5. The number of H-pyrrole nitrogens is 1. The number of carbonyl (C=O) groups excluding carboxylic acids is 2. The number of nitrogens with zero attached hydrogens (tertiary/aromatic N) is 1. The number of methoxy groups -OCH3 is 1. The molecule has 0 spiro atoms. The lowest BCUT2D eigenvalue weighted by molar-refractivity contribution is -0.127. The van der Waals surface area contributed by atoms with Crippen molar-refractivity contribution < 1.29 is 14.3 Å². The van der Waals surface area contributed by atoms with Gasteiger partial charge in [0.2, 0.25) is 11.8 Å². The van der Waals surface area contributed by atoms with E-state index in [2.05, 4.69) is 10.3 Å². The van der Waals surface area contributed by atoms with E-state index >= 15 is 0 Å². The highest BCUT2D eigenvalue weighted by Gasteiger charge is 2.42. The van der Waals surface area contributed by atoms with Crippen LogP contribution in [0.4, 0.5) is 5.69 Å². The number of amides is 2. The molecule has 2 aromatic carbocycles. The van der Waals surface area contributed by atoms with Crippen molar-refractivity contribution in [2.75, 3.05) is 19.5 Å². The number of hydrogen-bond acceptors (Lipinski definition) is 3. The van der Waals surface area contributed by atoms with Gasteiger partial charge in [0.25, 0.3) is 0 Å². The van der Waals surface area contributed by atoms with E-state index in [-0.39, 0.29) is 24.3 Å². The van der Waals surface area contributed by atoms with Gasteiger partial charge in [-0.05, 0) is 41.3 Å². The fourth-order valence-corrected chi connectivity index (χ4v) is 3.72. The van der Waals surface area contributed by atoms with Crippen LogP contribution in [-0.2, 0) is 9.59 Å². The number of aromatic amines is 1. The van der Waals surface area contributed by atoms with E-state index in [9.17, 15) is 9.59 Å². The Morgan fingerprint density at radius 1 is 1.19 bits per heavy atom. The predicted octanol–water partition coefficient (Wildman–Crippen LogP) is 3.33. The van der Waals surface area contributed by atoms with E-state index in [0.29, 0.717) is 5.69 Å². The summed E-state index contributed by atoms with van der Waals surface area (Å²) in [6.07, 6.45) is 2.06. The second-order valence-electron chi connectivity index (χ2n) is 6.80. The smallest absolute Gasteiger partial charge is 0.230 e. The lowest BCUT2D eigenvalue weighted by Gasteiger charge is -2.25. The van der Waals surface area contributed by atoms with Crippen molar-refractivity contribution in [2.24, 2.45) is 5.92 Å². The van der Waals surface area contributed by atoms with Crippen LogP contribution in [0.5, 0.6) is 5.75 Å². The molecule has 0 aliphatic carbocycles. The molecule has 6 heteroatoms. The van der Waals surface area contributed by atoms with Gasteiger partial charge in [-0.3, -0.25) is 9.59 Å². The molecule has 1 aliphatic heterocycles. The lowest BCUT2D eigenvalue weighted by Crippen LogP contribution is -2.30. The Bertz CT molecular complexity index is 993. The van der Waals surface area contributed by atoms with Crippen LogP contribution in [0.25, 0.3) is 10.9 Å². The summed E-state index contributed by atoms with van der Waals surface area (Å²) >= 11 is 0. The number of hydrogen-bond donors (Lipinski definition) is 2. The SMILES string of the molecule is COc1ccc([C@@H]2[C@@H](C(=O)Nc3ccc4cc[nH]c4c3)CC(=O)N2C)cc1. The van der Waals surface area contributed by atoms with Crippen molar-refractivity contribution >= 4 is 28.4 Å². The molecule has 1 aromatic heterocycles. The van der Waals surface area contributed by atoms with Crippen molar-refractivity contribution in [3.8, 4) is 5.75 Å². The molecule has 27 heavy (non-hydrogen) atoms. The zero-order valence-electron chi connectivity index (χ0n) is 15.2. The fraction of sp³-hybridized carbons (Fsp3) is 0.238. The molecular weight excluding hydrogens is 342 g/mol. The Kier molecular flexibility index (Phi) is 4.32. The van der Waals surface area contributed by atoms with E-state index in [1.165, 1.54) is 0 Å². The first-order valence-electron chi connectivity index (χ1n) is 8.84. The quantitative estimate of drug-likeness (QED) is 0.747. The molecule has 0 saturated carbocycles. The summed E-state index contributed by atoms with van der Waals surface area (Å²) in [5, 5.41) is 4.05. The largest absolute Gasteiger partial charge is 0.497 e. The summed E-state index contributed by atoms with van der Waals surface area (Å²) in [4.78, 5) is 30.1. The summed E-state index contributed by atoms with van der Waals surface area (Å²) in [6.45, 7) is 0. The number of anilines is 1. The second-order valence-corrected chi connectivity index (χ2v) is 6.80. The van der Waals surface area contributed by atoms with E-state index in [1.54, 1.807) is 19.1 Å². The van der Waals surface area contributed by atoms with Gasteiger partial charge in [-0.15, -0.1) is 0 Å². The highest BCUT2D eigenvalue weighted by Crippen LogP contribution is 2.38. The van der Waals surface area contributed by atoms with Gasteiger partial charge in [-0.1, -0.05) is 18.2 Å². The first kappa shape index (κ1) is 17.1. The van der Waals surface area contributed by atoms with Crippen LogP contribution in [0.15, 0.2) is 54.7 Å². The van der Waals surface area contributed by atoms with Crippen LogP contribution in [0.2, 0.25) is 0 Å². The molecule has 1 aliphatic rings. The molecule has 0 radical (unpaired) electrons. The summed E-state index contributed by atoms with van der Waals surface area (Å²) in [5.41, 5.74) is 2.59. The molecule has 3 aromatic rings. The third-order valence-electron chi connectivity index (χ3n) is 5.20. The van der Waals surface area contributed by atoms with E-state index in [4.69, 9.17) is 4.74 Å². The average Bonchev–Trinajstić information content (AvgIpc) is 3.26. The zero-order chi connectivity index (χ0) is 19.0. The lowest BCUT2D eigenvalue weighted by atomic mass is 9.92. The van der Waals surface area contributed by atoms with E-state index < -0.39 is 5.92 Å². The Morgan fingerprint density at radius 2 is 1.96 bits per heavy atom. The average molecular weight is 363 g/mol. The van der Waals surface area contributed by atoms with Crippen molar-refractivity contribution in [3.63, 3.8) is 0 Å². The fourth-order valence-electron chi connectivity index (χ4n) is 3.72. The summed E-state index contributed by atoms with van der Waals surface area (Å²) < 4.78 is 5.20. The molecule has 2 heterocycles. The van der Waals surface area contributed by atoms with Gasteiger partial charge in [-0.2, -0.15) is 0 Å². The molecule has 1 fully saturated rings. The van der Waals surface area contributed by atoms with Crippen LogP contribution in [0.3, 0.4) is 0 Å². The number of likely N-dealkylation sites (tertiary alicyclic amines) is 1. The Morgan fingerprint density at radius 3 is 2.70 bits per heavy atom. The summed E-state index contributed by atoms with van der Waals surface area (Å²) in [5.74, 6) is 0.108. The standard InChI is InChI=1S/C21H21N3O3/c1-24-19(25)12-17(20(24)14-4-7-16(27-2)8-5-14)21(26)23-15-6-3-13-9-10-22-18(13)11-15/h3-11,17,20,22H,12H2,1-2H3,(H,23,26)/t17-,20+/m0/s1. The molecule has 2 atom stereocenters. The molecule has 0 bridgehead atoms. The zero-order valence-corrected chi connectivity index (χ0v) is 15.2. The van der Waals surface area contributed by atoms with E-state index in [0.717, 1.165) is 22.2 Å². The molecule has 1 saturated heterocycles. The highest BCUT2D eigenvalue weighted by molar-refractivity contribution is 5.99. The van der Waals surface area contributed by atoms with Gasteiger partial charge in [0.15, 0.2) is 0 Å². The second kappa shape index (κ2) is 6.79. The molecular formula is C21H21N3O3. The molecule has 4 rings (SSSR count). The molecule has 6 nitrogen and oxygen atoms in total. The molecule has 138 valence electrons. The van der Waals surface area contributed by atoms with Crippen LogP contribution in [0, 0.1) is 5.92 Å². The van der Waals surface area contributed by atoms with E-state index in [1.807, 2.05) is 54.7 Å². The van der Waals surface area contributed by atoms with Crippen LogP contribution in [-0.4, -0.2) is 35.9 Å². The molecule has 0 unspecified atom stereocenters. The van der Waals surface area contributed by atoms with Crippen molar-refractivity contribution in [2.45, 2.75) is 12.5 Å². The minimum absolute atomic E-state index is 0.0317. The van der Waals surface area contributed by atoms with Gasteiger partial charge < -0.3 is 19.9 Å². The summed E-state index contributed by atoms with van der Waals surface area (Å²) in [6, 6.07) is 14.9. The maximum absolute atomic E-state index is 13.0. The minimum atomic E-state index is -0.449. The Labute approximate surface area is 157 Å². The van der Waals surface area contributed by atoms with Gasteiger partial charge in [0, 0.05) is 30.9 Å². The van der Waals surface area contributed by atoms with Gasteiger partial charge >= 0.3 is 0 Å². The number of ether oxygens (including phenoxy) is 1. The number of rotatable bonds is 4. The van der Waals surface area contributed by atoms with Crippen molar-refractivity contribution in [1.82, 2.24) is 9.88 Å². The van der Waals surface area contributed by atoms with Crippen LogP contribution in [0.1, 0.15) is 18.0 Å². The van der Waals surface area contributed by atoms with Crippen molar-refractivity contribution in [1.29, 1.82) is 0 Å². The maximum Gasteiger partial charge on any atom is 0.230 e. The number of nitrogens with one attached hydrogen (secondary N) is 2. The topological polar surface area (TPSA) is 74.4 Å². The predicted molar refractivity (Wildman–Crippen MR) is 104 cm³/mol. The first-order valence-corrected chi connectivity index (χ1v) is 8.84. The maximum atomic E-state index is 13.0. The number of aromatic nitrogens is 1. The molecule has 2 amide bonds. The monoisotopic (exact) mass is 363 g/mol. The van der Waals surface area contributed by atoms with Gasteiger partial charge in [-0.25, -0.2) is 0 Å². The van der Waals surface area contributed by atoms with Crippen molar-refractivity contribution in [3.05, 3.63) is 60.3 Å². The minimum Gasteiger partial charge on any atom is -0.497 e.